The second-order valence-electron chi connectivity index (χ2n) is 4.64. The van der Waals surface area contributed by atoms with E-state index in [4.69, 9.17) is 21.4 Å². The predicted octanol–water partition coefficient (Wildman–Crippen LogP) is 3.15. The zero-order chi connectivity index (χ0) is 16.8. The highest BCUT2D eigenvalue weighted by atomic mass is 35.5. The van der Waals surface area contributed by atoms with Crippen LogP contribution in [0.5, 0.6) is 11.5 Å². The third-order valence-corrected chi connectivity index (χ3v) is 3.17. The number of hydrogen-bond acceptors (Lipinski definition) is 4. The minimum absolute atomic E-state index is 0.0892. The van der Waals surface area contributed by atoms with Gasteiger partial charge in [0.05, 0.1) is 13.0 Å². The molecule has 0 spiro atoms. The van der Waals surface area contributed by atoms with Gasteiger partial charge in [-0.15, -0.1) is 0 Å². The maximum atomic E-state index is 11.8. The molecule has 6 nitrogen and oxygen atoms in total. The van der Waals surface area contributed by atoms with E-state index in [1.807, 2.05) is 0 Å². The molecule has 2 aromatic carbocycles. The molecule has 3 N–H and O–H groups in total. The Morgan fingerprint density at radius 1 is 1.13 bits per heavy atom. The van der Waals surface area contributed by atoms with Gasteiger partial charge in [-0.3, -0.25) is 4.79 Å². The van der Waals surface area contributed by atoms with Crippen LogP contribution >= 0.6 is 11.6 Å². The van der Waals surface area contributed by atoms with Crippen molar-refractivity contribution in [3.05, 3.63) is 53.1 Å². The van der Waals surface area contributed by atoms with Gasteiger partial charge in [0.1, 0.15) is 17.1 Å². The summed E-state index contributed by atoms with van der Waals surface area (Å²) in [4.78, 5) is 22.7. The van der Waals surface area contributed by atoms with Gasteiger partial charge in [-0.1, -0.05) is 11.6 Å². The highest BCUT2D eigenvalue weighted by molar-refractivity contribution is 6.30. The maximum Gasteiger partial charge on any atom is 0.339 e. The summed E-state index contributed by atoms with van der Waals surface area (Å²) in [5.74, 6) is -1.37. The lowest BCUT2D eigenvalue weighted by atomic mass is 10.2. The standard InChI is InChI=1S/C16H14ClNO5/c17-10-1-4-12(5-2-10)23-8-7-15(20)18-11-3-6-14(19)13(9-11)16(21)22/h1-6,9,19H,7-8H2,(H,18,20)(H,21,22). The maximum absolute atomic E-state index is 11.8. The summed E-state index contributed by atoms with van der Waals surface area (Å²) in [6.45, 7) is 0.164. The summed E-state index contributed by atoms with van der Waals surface area (Å²) in [6, 6.07) is 10.6. The van der Waals surface area contributed by atoms with E-state index in [9.17, 15) is 14.7 Å². The topological polar surface area (TPSA) is 95.9 Å². The fraction of sp³-hybridized carbons (Fsp3) is 0.125. The molecule has 120 valence electrons. The summed E-state index contributed by atoms with van der Waals surface area (Å²) >= 11 is 5.75. The molecule has 0 aliphatic heterocycles. The lowest BCUT2D eigenvalue weighted by Gasteiger charge is -2.08. The number of phenols is 1. The number of nitrogens with one attached hydrogen (secondary N) is 1. The Kier molecular flexibility index (Phi) is 5.43. The molecule has 0 aliphatic rings. The average Bonchev–Trinajstić information content (AvgIpc) is 2.51. The number of anilines is 1. The smallest absolute Gasteiger partial charge is 0.339 e. The van der Waals surface area contributed by atoms with Gasteiger partial charge in [0.15, 0.2) is 0 Å². The van der Waals surface area contributed by atoms with Crippen molar-refractivity contribution in [2.45, 2.75) is 6.42 Å². The zero-order valence-corrected chi connectivity index (χ0v) is 12.7. The Morgan fingerprint density at radius 3 is 2.48 bits per heavy atom. The summed E-state index contributed by atoms with van der Waals surface area (Å²) in [7, 11) is 0. The monoisotopic (exact) mass is 335 g/mol. The van der Waals surface area contributed by atoms with Crippen molar-refractivity contribution >= 4 is 29.2 Å². The molecule has 2 aromatic rings. The molecule has 0 aromatic heterocycles. The van der Waals surface area contributed by atoms with Gasteiger partial charge >= 0.3 is 5.97 Å². The van der Waals surface area contributed by atoms with Crippen LogP contribution in [0.3, 0.4) is 0 Å². The number of rotatable bonds is 6. The van der Waals surface area contributed by atoms with E-state index in [0.717, 1.165) is 0 Å². The molecule has 23 heavy (non-hydrogen) atoms. The lowest BCUT2D eigenvalue weighted by Crippen LogP contribution is -2.15. The quantitative estimate of drug-likeness (QED) is 0.705. The molecule has 0 atom stereocenters. The second-order valence-corrected chi connectivity index (χ2v) is 5.07. The van der Waals surface area contributed by atoms with Crippen LogP contribution in [0.1, 0.15) is 16.8 Å². The van der Waals surface area contributed by atoms with Gasteiger partial charge in [-0.25, -0.2) is 4.79 Å². The van der Waals surface area contributed by atoms with Crippen LogP contribution in [0.2, 0.25) is 5.02 Å². The molecule has 0 radical (unpaired) electrons. The van der Waals surface area contributed by atoms with Crippen LogP contribution in [0, 0.1) is 0 Å². The van der Waals surface area contributed by atoms with Crippen LogP contribution < -0.4 is 10.1 Å². The highest BCUT2D eigenvalue weighted by Crippen LogP contribution is 2.21. The predicted molar refractivity (Wildman–Crippen MR) is 85.3 cm³/mol. The van der Waals surface area contributed by atoms with Gasteiger partial charge in [0, 0.05) is 10.7 Å². The molecule has 1 amide bonds. The first-order valence-electron chi connectivity index (χ1n) is 6.70. The Labute approximate surface area is 137 Å². The Bertz CT molecular complexity index is 715. The van der Waals surface area contributed by atoms with Crippen molar-refractivity contribution in [2.24, 2.45) is 0 Å². The number of carboxylic acid groups (broad SMARTS) is 1. The molecule has 0 heterocycles. The highest BCUT2D eigenvalue weighted by Gasteiger charge is 2.11. The van der Waals surface area contributed by atoms with Crippen molar-refractivity contribution in [3.8, 4) is 11.5 Å². The van der Waals surface area contributed by atoms with Gasteiger partial charge < -0.3 is 20.3 Å². The summed E-state index contributed by atoms with van der Waals surface area (Å²) < 4.78 is 5.40. The van der Waals surface area contributed by atoms with E-state index in [-0.39, 0.29) is 35.9 Å². The Morgan fingerprint density at radius 2 is 1.83 bits per heavy atom. The third-order valence-electron chi connectivity index (χ3n) is 2.92. The first-order chi connectivity index (χ1) is 11.0. The van der Waals surface area contributed by atoms with Gasteiger partial charge in [0.25, 0.3) is 0 Å². The minimum Gasteiger partial charge on any atom is -0.507 e. The number of ether oxygens (including phenoxy) is 1. The number of benzene rings is 2. The van der Waals surface area contributed by atoms with E-state index >= 15 is 0 Å². The first-order valence-corrected chi connectivity index (χ1v) is 7.08. The molecule has 0 bridgehead atoms. The fourth-order valence-corrected chi connectivity index (χ4v) is 1.93. The van der Waals surface area contributed by atoms with Crippen molar-refractivity contribution < 1.29 is 24.5 Å². The number of carbonyl (C=O) groups is 2. The molecule has 7 heteroatoms. The fourth-order valence-electron chi connectivity index (χ4n) is 1.80. The summed E-state index contributed by atoms with van der Waals surface area (Å²) in [6.07, 6.45) is 0.0892. The molecule has 0 saturated carbocycles. The van der Waals surface area contributed by atoms with E-state index in [0.29, 0.717) is 10.8 Å². The van der Waals surface area contributed by atoms with Crippen molar-refractivity contribution in [1.82, 2.24) is 0 Å². The van der Waals surface area contributed by atoms with Crippen LogP contribution in [0.25, 0.3) is 0 Å². The largest absolute Gasteiger partial charge is 0.507 e. The van der Waals surface area contributed by atoms with E-state index < -0.39 is 5.97 Å². The van der Waals surface area contributed by atoms with Crippen LogP contribution in [0.4, 0.5) is 5.69 Å². The number of amides is 1. The molecule has 0 unspecified atom stereocenters. The summed E-state index contributed by atoms with van der Waals surface area (Å²) in [5, 5.41) is 21.5. The molecule has 0 saturated heterocycles. The number of carboxylic acids is 1. The minimum atomic E-state index is -1.27. The number of hydrogen-bond donors (Lipinski definition) is 3. The Hall–Kier alpha value is -2.73. The van der Waals surface area contributed by atoms with E-state index in [1.54, 1.807) is 24.3 Å². The number of carbonyl (C=O) groups excluding carboxylic acids is 1. The normalized spacial score (nSPS) is 10.1. The molecule has 0 fully saturated rings. The van der Waals surface area contributed by atoms with Crippen LogP contribution in [-0.2, 0) is 4.79 Å². The average molecular weight is 336 g/mol. The van der Waals surface area contributed by atoms with Gasteiger partial charge in [-0.2, -0.15) is 0 Å². The van der Waals surface area contributed by atoms with Crippen molar-refractivity contribution in [3.63, 3.8) is 0 Å². The molecular weight excluding hydrogens is 322 g/mol. The van der Waals surface area contributed by atoms with Crippen molar-refractivity contribution in [2.75, 3.05) is 11.9 Å². The van der Waals surface area contributed by atoms with Crippen LogP contribution in [0.15, 0.2) is 42.5 Å². The zero-order valence-electron chi connectivity index (χ0n) is 12.0. The van der Waals surface area contributed by atoms with E-state index in [1.165, 1.54) is 18.2 Å². The Balaban J connectivity index is 1.86. The SMILES string of the molecule is O=C(CCOc1ccc(Cl)cc1)Nc1ccc(O)c(C(=O)O)c1. The number of aromatic carboxylic acids is 1. The number of aromatic hydroxyl groups is 1. The van der Waals surface area contributed by atoms with Gasteiger partial charge in [0.2, 0.25) is 5.91 Å². The second kappa shape index (κ2) is 7.51. The van der Waals surface area contributed by atoms with E-state index in [2.05, 4.69) is 5.32 Å². The third kappa shape index (κ3) is 4.89. The number of halogens is 1. The van der Waals surface area contributed by atoms with Gasteiger partial charge in [-0.05, 0) is 42.5 Å². The van der Waals surface area contributed by atoms with Crippen molar-refractivity contribution in [1.29, 1.82) is 0 Å². The van der Waals surface area contributed by atoms with Crippen LogP contribution in [-0.4, -0.2) is 28.7 Å². The first kappa shape index (κ1) is 16.6. The summed E-state index contributed by atoms with van der Waals surface area (Å²) in [5.41, 5.74) is 0.0110. The lowest BCUT2D eigenvalue weighted by molar-refractivity contribution is -0.116. The molecule has 2 rings (SSSR count). The molecule has 0 aliphatic carbocycles. The molecular formula is C16H14ClNO5.